The van der Waals surface area contributed by atoms with Crippen LogP contribution in [0.5, 0.6) is 0 Å². The standard InChI is InChI=1S/C53H60N2/c1-7-9-17-41-53(5,6)45-30-38-51(39-31-45)55(47-20-15-12-16-21-47)49-34-26-43(27-35-49)23-22-42-24-32-48(33-25-42)54(46-18-13-11-14-19-46)50-36-28-44(29-37-50)52(3,4)40-10-8-2/h11-16,18-39H,7-10,17,40-41H2,1-6H3/b23-22+. The summed E-state index contributed by atoms with van der Waals surface area (Å²) in [4.78, 5) is 4.69. The Hall–Kier alpha value is -5.34. The highest BCUT2D eigenvalue weighted by Crippen LogP contribution is 2.39. The Labute approximate surface area is 332 Å². The van der Waals surface area contributed by atoms with Crippen LogP contribution in [0.25, 0.3) is 12.2 Å². The van der Waals surface area contributed by atoms with Crippen LogP contribution in [0.2, 0.25) is 0 Å². The third-order valence-corrected chi connectivity index (χ3v) is 11.2. The Balaban J connectivity index is 1.19. The van der Waals surface area contributed by atoms with Crippen LogP contribution in [0.1, 0.15) is 109 Å². The maximum absolute atomic E-state index is 2.38. The fourth-order valence-corrected chi connectivity index (χ4v) is 7.56. The first kappa shape index (κ1) is 39.4. The molecule has 0 aliphatic heterocycles. The summed E-state index contributed by atoms with van der Waals surface area (Å²) in [7, 11) is 0. The zero-order chi connectivity index (χ0) is 38.7. The first-order valence-electron chi connectivity index (χ1n) is 20.5. The molecule has 0 N–H and O–H groups in total. The number of unbranched alkanes of at least 4 members (excludes halogenated alkanes) is 3. The molecule has 0 spiro atoms. The first-order chi connectivity index (χ1) is 26.7. The monoisotopic (exact) mass is 724 g/mol. The summed E-state index contributed by atoms with van der Waals surface area (Å²) in [6.45, 7) is 14.0. The zero-order valence-corrected chi connectivity index (χ0v) is 34.0. The number of rotatable bonds is 17. The van der Waals surface area contributed by atoms with E-state index >= 15 is 0 Å². The molecule has 282 valence electrons. The van der Waals surface area contributed by atoms with Crippen LogP contribution in [0.4, 0.5) is 34.1 Å². The summed E-state index contributed by atoms with van der Waals surface area (Å²) in [5.41, 5.74) is 12.4. The Kier molecular flexibility index (Phi) is 13.1. The molecule has 6 aromatic carbocycles. The molecule has 0 radical (unpaired) electrons. The van der Waals surface area contributed by atoms with Crippen molar-refractivity contribution >= 4 is 46.3 Å². The predicted molar refractivity (Wildman–Crippen MR) is 241 cm³/mol. The lowest BCUT2D eigenvalue weighted by molar-refractivity contribution is 0.450. The minimum atomic E-state index is 0.165. The number of para-hydroxylation sites is 2. The smallest absolute Gasteiger partial charge is 0.0462 e. The summed E-state index contributed by atoms with van der Waals surface area (Å²) >= 11 is 0. The van der Waals surface area contributed by atoms with Gasteiger partial charge in [-0.05, 0) is 119 Å². The van der Waals surface area contributed by atoms with Crippen LogP contribution in [0.15, 0.2) is 158 Å². The van der Waals surface area contributed by atoms with Crippen LogP contribution in [-0.2, 0) is 10.8 Å². The fraction of sp³-hybridized carbons (Fsp3) is 0.283. The number of hydrogen-bond donors (Lipinski definition) is 0. The molecule has 0 atom stereocenters. The second-order valence-corrected chi connectivity index (χ2v) is 16.3. The fourth-order valence-electron chi connectivity index (χ4n) is 7.56. The van der Waals surface area contributed by atoms with E-state index < -0.39 is 0 Å². The number of benzene rings is 6. The molecular weight excluding hydrogens is 665 g/mol. The molecule has 2 heteroatoms. The highest BCUT2D eigenvalue weighted by Gasteiger charge is 2.22. The van der Waals surface area contributed by atoms with Crippen molar-refractivity contribution in [2.75, 3.05) is 9.80 Å². The summed E-state index contributed by atoms with van der Waals surface area (Å²) in [6.07, 6.45) is 13.1. The molecule has 0 amide bonds. The van der Waals surface area contributed by atoms with Crippen molar-refractivity contribution in [1.82, 2.24) is 0 Å². The molecule has 55 heavy (non-hydrogen) atoms. The Bertz CT molecular complexity index is 2060. The Morgan fingerprint density at radius 1 is 0.364 bits per heavy atom. The van der Waals surface area contributed by atoms with Gasteiger partial charge in [0.2, 0.25) is 0 Å². The van der Waals surface area contributed by atoms with E-state index in [-0.39, 0.29) is 10.8 Å². The number of nitrogens with zero attached hydrogens (tertiary/aromatic N) is 2. The van der Waals surface area contributed by atoms with Gasteiger partial charge in [-0.1, -0.05) is 171 Å². The molecule has 2 nitrogen and oxygen atoms in total. The molecule has 0 aliphatic carbocycles. The minimum absolute atomic E-state index is 0.165. The van der Waals surface area contributed by atoms with Gasteiger partial charge in [0.25, 0.3) is 0 Å². The summed E-state index contributed by atoms with van der Waals surface area (Å²) in [5, 5.41) is 0. The summed E-state index contributed by atoms with van der Waals surface area (Å²) < 4.78 is 0. The second-order valence-electron chi connectivity index (χ2n) is 16.3. The second kappa shape index (κ2) is 18.3. The van der Waals surface area contributed by atoms with Gasteiger partial charge >= 0.3 is 0 Å². The summed E-state index contributed by atoms with van der Waals surface area (Å²) in [5.74, 6) is 0. The maximum Gasteiger partial charge on any atom is 0.0462 e. The van der Waals surface area contributed by atoms with Gasteiger partial charge in [0, 0.05) is 34.1 Å². The van der Waals surface area contributed by atoms with Crippen LogP contribution in [0.3, 0.4) is 0 Å². The van der Waals surface area contributed by atoms with Gasteiger partial charge in [-0.3, -0.25) is 0 Å². The van der Waals surface area contributed by atoms with E-state index in [9.17, 15) is 0 Å². The highest BCUT2D eigenvalue weighted by atomic mass is 15.1. The van der Waals surface area contributed by atoms with E-state index in [4.69, 9.17) is 0 Å². The van der Waals surface area contributed by atoms with Gasteiger partial charge in [0.1, 0.15) is 0 Å². The number of hydrogen-bond acceptors (Lipinski definition) is 2. The molecule has 0 fully saturated rings. The van der Waals surface area contributed by atoms with Gasteiger partial charge in [0.15, 0.2) is 0 Å². The molecule has 0 unspecified atom stereocenters. The van der Waals surface area contributed by atoms with Crippen LogP contribution in [-0.4, -0.2) is 0 Å². The quantitative estimate of drug-likeness (QED) is 0.0682. The predicted octanol–water partition coefficient (Wildman–Crippen LogP) is 16.1. The molecular formula is C53H60N2. The van der Waals surface area contributed by atoms with Crippen LogP contribution in [0, 0.1) is 0 Å². The highest BCUT2D eigenvalue weighted by molar-refractivity contribution is 5.80. The van der Waals surface area contributed by atoms with Crippen LogP contribution < -0.4 is 9.80 Å². The van der Waals surface area contributed by atoms with E-state index in [1.807, 2.05) is 0 Å². The molecule has 0 aromatic heterocycles. The van der Waals surface area contributed by atoms with Gasteiger partial charge in [-0.2, -0.15) is 0 Å². The third kappa shape index (κ3) is 10.1. The maximum atomic E-state index is 2.38. The van der Waals surface area contributed by atoms with E-state index in [0.29, 0.717) is 0 Å². The summed E-state index contributed by atoms with van der Waals surface area (Å²) in [6, 6.07) is 57.5. The van der Waals surface area contributed by atoms with Gasteiger partial charge in [0.05, 0.1) is 0 Å². The van der Waals surface area contributed by atoms with E-state index in [1.165, 1.54) is 61.8 Å². The van der Waals surface area contributed by atoms with Crippen molar-refractivity contribution in [3.63, 3.8) is 0 Å². The molecule has 0 saturated carbocycles. The number of anilines is 6. The van der Waals surface area contributed by atoms with Crippen molar-refractivity contribution in [2.45, 2.75) is 97.3 Å². The van der Waals surface area contributed by atoms with Crippen LogP contribution >= 0.6 is 0 Å². The lowest BCUT2D eigenvalue weighted by Crippen LogP contribution is -2.17. The third-order valence-electron chi connectivity index (χ3n) is 11.2. The van der Waals surface area contributed by atoms with E-state index in [2.05, 4.69) is 221 Å². The van der Waals surface area contributed by atoms with Crippen molar-refractivity contribution in [3.8, 4) is 0 Å². The van der Waals surface area contributed by atoms with Crippen molar-refractivity contribution in [2.24, 2.45) is 0 Å². The average Bonchev–Trinajstić information content (AvgIpc) is 3.22. The molecule has 0 bridgehead atoms. The Morgan fingerprint density at radius 3 is 1.02 bits per heavy atom. The Morgan fingerprint density at radius 2 is 0.673 bits per heavy atom. The molecule has 6 rings (SSSR count). The van der Waals surface area contributed by atoms with Gasteiger partial charge in [-0.25, -0.2) is 0 Å². The lowest BCUT2D eigenvalue weighted by atomic mass is 9.80. The van der Waals surface area contributed by atoms with E-state index in [0.717, 1.165) is 39.6 Å². The van der Waals surface area contributed by atoms with Gasteiger partial charge in [-0.15, -0.1) is 0 Å². The molecule has 0 heterocycles. The zero-order valence-electron chi connectivity index (χ0n) is 34.0. The van der Waals surface area contributed by atoms with Crippen molar-refractivity contribution in [1.29, 1.82) is 0 Å². The molecule has 0 aliphatic rings. The van der Waals surface area contributed by atoms with Gasteiger partial charge < -0.3 is 9.80 Å². The van der Waals surface area contributed by atoms with Crippen molar-refractivity contribution < 1.29 is 0 Å². The molecule has 0 saturated heterocycles. The lowest BCUT2D eigenvalue weighted by Gasteiger charge is -2.28. The first-order valence-corrected chi connectivity index (χ1v) is 20.5. The normalized spacial score (nSPS) is 11.9. The average molecular weight is 725 g/mol. The van der Waals surface area contributed by atoms with E-state index in [1.54, 1.807) is 0 Å². The topological polar surface area (TPSA) is 6.48 Å². The van der Waals surface area contributed by atoms with Crippen molar-refractivity contribution in [3.05, 3.63) is 180 Å². The molecule has 6 aromatic rings. The minimum Gasteiger partial charge on any atom is -0.311 e. The SMILES string of the molecule is CCCCCC(C)(C)c1ccc(N(c2ccccc2)c2ccc(/C=C/c3ccc(N(c4ccccc4)c4ccc(C(C)(C)CCCC)cc4)cc3)cc2)cc1. The largest absolute Gasteiger partial charge is 0.311 e.